The molecule has 2 heterocycles. The molecule has 1 aliphatic carbocycles. The number of carbonyl (C=O) groups is 3. The zero-order valence-corrected chi connectivity index (χ0v) is 17.5. The van der Waals surface area contributed by atoms with Crippen molar-refractivity contribution in [2.75, 3.05) is 31.9 Å². The quantitative estimate of drug-likeness (QED) is 0.686. The number of piperazine rings is 1. The summed E-state index contributed by atoms with van der Waals surface area (Å²) in [5, 5.41) is 2.81. The summed E-state index contributed by atoms with van der Waals surface area (Å²) in [5.41, 5.74) is 0.600. The van der Waals surface area contributed by atoms with Gasteiger partial charge in [-0.1, -0.05) is 12.1 Å². The molecule has 0 bridgehead atoms. The van der Waals surface area contributed by atoms with Crippen molar-refractivity contribution >= 4 is 29.5 Å². The van der Waals surface area contributed by atoms with Gasteiger partial charge < -0.3 is 19.5 Å². The van der Waals surface area contributed by atoms with Crippen LogP contribution >= 0.6 is 11.8 Å². The lowest BCUT2D eigenvalue weighted by atomic mass is 10.1. The van der Waals surface area contributed by atoms with Gasteiger partial charge in [-0.25, -0.2) is 0 Å². The number of hydrogen-bond donors (Lipinski definition) is 1. The molecule has 1 N–H and O–H groups in total. The summed E-state index contributed by atoms with van der Waals surface area (Å²) >= 11 is 1.35. The van der Waals surface area contributed by atoms with Gasteiger partial charge in [0.25, 0.3) is 5.91 Å². The van der Waals surface area contributed by atoms with E-state index in [4.69, 9.17) is 4.42 Å². The molecule has 1 aliphatic heterocycles. The van der Waals surface area contributed by atoms with E-state index in [0.717, 1.165) is 17.7 Å². The van der Waals surface area contributed by atoms with Crippen LogP contribution in [0.4, 0.5) is 0 Å². The highest BCUT2D eigenvalue weighted by molar-refractivity contribution is 8.00. The first-order valence-corrected chi connectivity index (χ1v) is 11.2. The number of carbonyl (C=O) groups excluding carboxylic acids is 3. The predicted molar refractivity (Wildman–Crippen MR) is 113 cm³/mol. The van der Waals surface area contributed by atoms with Gasteiger partial charge in [-0.15, -0.1) is 11.8 Å². The molecule has 1 saturated carbocycles. The van der Waals surface area contributed by atoms with Crippen LogP contribution in [0.15, 0.2) is 52.0 Å². The molecule has 7 nitrogen and oxygen atoms in total. The van der Waals surface area contributed by atoms with Crippen LogP contribution in [0.3, 0.4) is 0 Å². The Labute approximate surface area is 179 Å². The molecule has 30 heavy (non-hydrogen) atoms. The van der Waals surface area contributed by atoms with Gasteiger partial charge in [0.2, 0.25) is 11.8 Å². The average molecular weight is 428 g/mol. The molecule has 0 radical (unpaired) electrons. The highest BCUT2D eigenvalue weighted by atomic mass is 32.2. The van der Waals surface area contributed by atoms with Gasteiger partial charge >= 0.3 is 0 Å². The zero-order valence-electron chi connectivity index (χ0n) is 16.7. The van der Waals surface area contributed by atoms with Crippen molar-refractivity contribution in [1.29, 1.82) is 0 Å². The minimum absolute atomic E-state index is 0.0485. The van der Waals surface area contributed by atoms with Gasteiger partial charge in [-0.3, -0.25) is 14.4 Å². The Bertz CT molecular complexity index is 903. The Morgan fingerprint density at radius 3 is 2.43 bits per heavy atom. The number of nitrogens with one attached hydrogen (secondary N) is 1. The molecule has 1 saturated heterocycles. The van der Waals surface area contributed by atoms with Gasteiger partial charge in [-0.05, 0) is 37.1 Å². The zero-order chi connectivity index (χ0) is 20.9. The first-order chi connectivity index (χ1) is 14.6. The third-order valence-corrected chi connectivity index (χ3v) is 6.39. The molecule has 2 fully saturated rings. The molecule has 0 unspecified atom stereocenters. The van der Waals surface area contributed by atoms with Crippen molar-refractivity contribution in [3.63, 3.8) is 0 Å². The van der Waals surface area contributed by atoms with Crippen LogP contribution in [0, 0.1) is 5.92 Å². The number of rotatable bonds is 7. The molecule has 1 aromatic carbocycles. The van der Waals surface area contributed by atoms with E-state index < -0.39 is 0 Å². The maximum atomic E-state index is 13.1. The van der Waals surface area contributed by atoms with E-state index >= 15 is 0 Å². The second-order valence-corrected chi connectivity index (χ2v) is 8.55. The van der Waals surface area contributed by atoms with E-state index in [1.165, 1.54) is 11.8 Å². The van der Waals surface area contributed by atoms with Gasteiger partial charge in [-0.2, -0.15) is 0 Å². The molecular weight excluding hydrogens is 402 g/mol. The van der Waals surface area contributed by atoms with E-state index in [-0.39, 0.29) is 29.4 Å². The van der Waals surface area contributed by atoms with E-state index in [2.05, 4.69) is 5.32 Å². The first-order valence-electron chi connectivity index (χ1n) is 10.2. The average Bonchev–Trinajstić information content (AvgIpc) is 3.51. The lowest BCUT2D eigenvalue weighted by Crippen LogP contribution is -2.51. The second-order valence-electron chi connectivity index (χ2n) is 7.53. The van der Waals surface area contributed by atoms with Crippen molar-refractivity contribution in [2.24, 2.45) is 5.92 Å². The molecule has 3 amide bonds. The van der Waals surface area contributed by atoms with Crippen molar-refractivity contribution < 1.29 is 18.8 Å². The van der Waals surface area contributed by atoms with Gasteiger partial charge in [0.15, 0.2) is 0 Å². The van der Waals surface area contributed by atoms with Crippen molar-refractivity contribution in [3.8, 4) is 0 Å². The predicted octanol–water partition coefficient (Wildman–Crippen LogP) is 2.38. The minimum atomic E-state index is -0.120. The maximum Gasteiger partial charge on any atom is 0.255 e. The molecule has 158 valence electrons. The summed E-state index contributed by atoms with van der Waals surface area (Å²) in [7, 11) is 0. The van der Waals surface area contributed by atoms with Gasteiger partial charge in [0, 0.05) is 37.0 Å². The maximum absolute atomic E-state index is 13.1. The molecular formula is C22H25N3O4S. The highest BCUT2D eigenvalue weighted by Gasteiger charge is 2.35. The standard InChI is InChI=1S/C22H25N3O4S/c26-20(23-14-17-4-3-13-29-17)15-30-19-6-2-1-5-18(19)22(28)25-11-9-24(10-12-25)21(27)16-7-8-16/h1-6,13,16H,7-12,14-15H2,(H,23,26). The number of thioether (sulfide) groups is 1. The number of benzene rings is 1. The number of nitrogens with zero attached hydrogens (tertiary/aromatic N) is 2. The van der Waals surface area contributed by atoms with Crippen molar-refractivity contribution in [3.05, 3.63) is 54.0 Å². The Balaban J connectivity index is 1.30. The largest absolute Gasteiger partial charge is 0.467 e. The van der Waals surface area contributed by atoms with E-state index in [9.17, 15) is 14.4 Å². The van der Waals surface area contributed by atoms with Crippen molar-refractivity contribution in [2.45, 2.75) is 24.3 Å². The monoisotopic (exact) mass is 427 g/mol. The third kappa shape index (κ3) is 5.05. The summed E-state index contributed by atoms with van der Waals surface area (Å²) in [5.74, 6) is 1.19. The van der Waals surface area contributed by atoms with Crippen LogP contribution < -0.4 is 5.32 Å². The summed E-state index contributed by atoms with van der Waals surface area (Å²) < 4.78 is 5.21. The van der Waals surface area contributed by atoms with Crippen molar-refractivity contribution in [1.82, 2.24) is 15.1 Å². The summed E-state index contributed by atoms with van der Waals surface area (Å²) in [6.45, 7) is 2.60. The van der Waals surface area contributed by atoms with Crippen LogP contribution in [0.1, 0.15) is 29.0 Å². The summed E-state index contributed by atoms with van der Waals surface area (Å²) in [4.78, 5) is 41.9. The normalized spacial score (nSPS) is 16.4. The van der Waals surface area contributed by atoms with Gasteiger partial charge in [0.05, 0.1) is 24.1 Å². The molecule has 0 spiro atoms. The van der Waals surface area contributed by atoms with Crippen LogP contribution in [0.2, 0.25) is 0 Å². The molecule has 2 aliphatic rings. The lowest BCUT2D eigenvalue weighted by molar-refractivity contribution is -0.134. The molecule has 0 atom stereocenters. The van der Waals surface area contributed by atoms with E-state index in [0.29, 0.717) is 44.0 Å². The fourth-order valence-electron chi connectivity index (χ4n) is 3.45. The number of amides is 3. The molecule has 4 rings (SSSR count). The Morgan fingerprint density at radius 2 is 1.73 bits per heavy atom. The minimum Gasteiger partial charge on any atom is -0.467 e. The molecule has 1 aromatic heterocycles. The first kappa shape index (κ1) is 20.5. The smallest absolute Gasteiger partial charge is 0.255 e. The highest BCUT2D eigenvalue weighted by Crippen LogP contribution is 2.31. The van der Waals surface area contributed by atoms with Crippen LogP contribution in [0.25, 0.3) is 0 Å². The third-order valence-electron chi connectivity index (χ3n) is 5.32. The molecule has 8 heteroatoms. The fraction of sp³-hybridized carbons (Fsp3) is 0.409. The van der Waals surface area contributed by atoms with E-state index in [1.54, 1.807) is 29.4 Å². The summed E-state index contributed by atoms with van der Waals surface area (Å²) in [6, 6.07) is 10.9. The van der Waals surface area contributed by atoms with Gasteiger partial charge in [0.1, 0.15) is 5.76 Å². The van der Waals surface area contributed by atoms with Crippen LogP contribution in [-0.2, 0) is 16.1 Å². The Hall–Kier alpha value is -2.74. The summed E-state index contributed by atoms with van der Waals surface area (Å²) in [6.07, 6.45) is 3.56. The second kappa shape index (κ2) is 9.38. The topological polar surface area (TPSA) is 82.9 Å². The van der Waals surface area contributed by atoms with Crippen LogP contribution in [0.5, 0.6) is 0 Å². The SMILES string of the molecule is O=C(CSc1ccccc1C(=O)N1CCN(C(=O)C2CC2)CC1)NCc1ccco1. The van der Waals surface area contributed by atoms with E-state index in [1.807, 2.05) is 23.1 Å². The fourth-order valence-corrected chi connectivity index (χ4v) is 4.33. The number of furan rings is 1. The van der Waals surface area contributed by atoms with Crippen LogP contribution in [-0.4, -0.2) is 59.5 Å². The number of hydrogen-bond acceptors (Lipinski definition) is 5. The Kier molecular flexibility index (Phi) is 6.42. The Morgan fingerprint density at radius 1 is 1.00 bits per heavy atom. The lowest BCUT2D eigenvalue weighted by Gasteiger charge is -2.35. The molecule has 2 aromatic rings.